The van der Waals surface area contributed by atoms with E-state index in [0.29, 0.717) is 17.8 Å². The highest BCUT2D eigenvalue weighted by Gasteiger charge is 2.14. The maximum absolute atomic E-state index is 12.9. The van der Waals surface area contributed by atoms with Gasteiger partial charge in [0.1, 0.15) is 5.75 Å². The summed E-state index contributed by atoms with van der Waals surface area (Å²) in [6.07, 6.45) is 3.79. The van der Waals surface area contributed by atoms with Crippen LogP contribution in [0, 0.1) is 0 Å². The third-order valence-electron chi connectivity index (χ3n) is 4.41. The zero-order valence-electron chi connectivity index (χ0n) is 14.4. The van der Waals surface area contributed by atoms with Crippen molar-refractivity contribution in [3.05, 3.63) is 95.9 Å². The first-order valence-electron chi connectivity index (χ1n) is 8.42. The molecular weight excluding hydrogens is 324 g/mol. The number of fused-ring (bicyclic) bond motifs is 1. The Bertz CT molecular complexity index is 1060. The second kappa shape index (κ2) is 6.84. The Kier molecular flexibility index (Phi) is 4.23. The molecule has 0 N–H and O–H groups in total. The van der Waals surface area contributed by atoms with E-state index in [1.165, 1.54) is 0 Å². The molecule has 4 rings (SSSR count). The summed E-state index contributed by atoms with van der Waals surface area (Å²) >= 11 is 0. The first kappa shape index (κ1) is 16.1. The minimum absolute atomic E-state index is 0.00796. The minimum Gasteiger partial charge on any atom is -0.497 e. The average molecular weight is 342 g/mol. The summed E-state index contributed by atoms with van der Waals surface area (Å²) in [7, 11) is 1.61. The van der Waals surface area contributed by atoms with Crippen LogP contribution < -0.4 is 4.74 Å². The number of aromatic nitrogens is 2. The van der Waals surface area contributed by atoms with Crippen LogP contribution in [0.15, 0.2) is 79.1 Å². The molecule has 0 unspecified atom stereocenters. The van der Waals surface area contributed by atoms with E-state index in [1.54, 1.807) is 31.4 Å². The van der Waals surface area contributed by atoms with E-state index in [0.717, 1.165) is 22.2 Å². The number of hydrogen-bond donors (Lipinski definition) is 0. The van der Waals surface area contributed by atoms with Gasteiger partial charge < -0.3 is 9.30 Å². The van der Waals surface area contributed by atoms with Gasteiger partial charge in [0.25, 0.3) is 0 Å². The van der Waals surface area contributed by atoms with E-state index in [-0.39, 0.29) is 5.78 Å². The summed E-state index contributed by atoms with van der Waals surface area (Å²) in [4.78, 5) is 17.4. The number of methoxy groups -OCH3 is 1. The van der Waals surface area contributed by atoms with Crippen LogP contribution in [0.3, 0.4) is 0 Å². The van der Waals surface area contributed by atoms with Crippen LogP contribution in [0.4, 0.5) is 0 Å². The van der Waals surface area contributed by atoms with Crippen LogP contribution in [0.5, 0.6) is 5.75 Å². The maximum atomic E-state index is 12.9. The van der Waals surface area contributed by atoms with Gasteiger partial charge in [0, 0.05) is 29.9 Å². The Hall–Kier alpha value is -3.40. The lowest BCUT2D eigenvalue weighted by Crippen LogP contribution is -2.10. The van der Waals surface area contributed by atoms with Gasteiger partial charge in [-0.1, -0.05) is 18.2 Å². The van der Waals surface area contributed by atoms with Crippen molar-refractivity contribution in [2.75, 3.05) is 7.11 Å². The van der Waals surface area contributed by atoms with Crippen molar-refractivity contribution in [2.24, 2.45) is 0 Å². The number of rotatable bonds is 5. The summed E-state index contributed by atoms with van der Waals surface area (Å²) < 4.78 is 7.11. The smallest absolute Gasteiger partial charge is 0.209 e. The molecule has 0 aliphatic rings. The molecule has 0 atom stereocenters. The maximum Gasteiger partial charge on any atom is 0.209 e. The van der Waals surface area contributed by atoms with Crippen molar-refractivity contribution in [2.45, 2.75) is 6.54 Å². The average Bonchev–Trinajstić information content (AvgIpc) is 3.15. The van der Waals surface area contributed by atoms with Crippen molar-refractivity contribution >= 4 is 16.7 Å². The number of ketones is 1. The second-order valence-electron chi connectivity index (χ2n) is 6.12. The number of carbonyl (C=O) groups is 1. The summed E-state index contributed by atoms with van der Waals surface area (Å²) in [5.74, 6) is 0.727. The molecule has 0 saturated heterocycles. The molecule has 0 radical (unpaired) electrons. The van der Waals surface area contributed by atoms with Crippen molar-refractivity contribution in [1.29, 1.82) is 0 Å². The molecule has 4 heteroatoms. The molecule has 0 spiro atoms. The van der Waals surface area contributed by atoms with Crippen LogP contribution in [-0.2, 0) is 6.54 Å². The van der Waals surface area contributed by atoms with Crippen LogP contribution >= 0.6 is 0 Å². The molecule has 0 aliphatic heterocycles. The number of ether oxygens (including phenoxy) is 1. The Morgan fingerprint density at radius 1 is 1.04 bits per heavy atom. The normalized spacial score (nSPS) is 10.8. The van der Waals surface area contributed by atoms with E-state index in [9.17, 15) is 4.79 Å². The molecule has 2 aromatic heterocycles. The number of pyridine rings is 1. The third-order valence-corrected chi connectivity index (χ3v) is 4.41. The fourth-order valence-corrected chi connectivity index (χ4v) is 3.05. The fraction of sp³-hybridized carbons (Fsp3) is 0.0909. The van der Waals surface area contributed by atoms with Gasteiger partial charge in [-0.3, -0.25) is 9.78 Å². The van der Waals surface area contributed by atoms with E-state index in [2.05, 4.69) is 11.1 Å². The van der Waals surface area contributed by atoms with Crippen LogP contribution in [0.1, 0.15) is 21.6 Å². The lowest BCUT2D eigenvalue weighted by molar-refractivity contribution is 0.103. The molecule has 0 saturated carbocycles. The van der Waals surface area contributed by atoms with Gasteiger partial charge in [-0.05, 0) is 54.1 Å². The molecule has 4 nitrogen and oxygen atoms in total. The lowest BCUT2D eigenvalue weighted by atomic mass is 10.1. The summed E-state index contributed by atoms with van der Waals surface area (Å²) in [5, 5.41) is 1.10. The zero-order valence-corrected chi connectivity index (χ0v) is 14.4. The first-order valence-corrected chi connectivity index (χ1v) is 8.42. The van der Waals surface area contributed by atoms with Gasteiger partial charge in [-0.15, -0.1) is 0 Å². The first-order chi connectivity index (χ1) is 12.7. The van der Waals surface area contributed by atoms with Gasteiger partial charge in [0.05, 0.1) is 18.3 Å². The van der Waals surface area contributed by atoms with Crippen molar-refractivity contribution in [3.8, 4) is 5.75 Å². The molecule has 26 heavy (non-hydrogen) atoms. The van der Waals surface area contributed by atoms with Crippen LogP contribution in [0.25, 0.3) is 10.9 Å². The van der Waals surface area contributed by atoms with Crippen LogP contribution in [0.2, 0.25) is 0 Å². The molecule has 0 fully saturated rings. The summed E-state index contributed by atoms with van der Waals surface area (Å²) in [5.41, 5.74) is 3.33. The minimum atomic E-state index is -0.00796. The predicted octanol–water partition coefficient (Wildman–Crippen LogP) is 4.32. The standard InChI is InChI=1S/C22H18N2O2/c1-26-19-10-8-17(9-11-19)22(25)21-7-4-12-24(21)15-16-13-18-5-2-3-6-20(18)23-14-16/h2-14H,15H2,1H3. The fourth-order valence-electron chi connectivity index (χ4n) is 3.05. The Morgan fingerprint density at radius 2 is 1.85 bits per heavy atom. The molecule has 0 aliphatic carbocycles. The van der Waals surface area contributed by atoms with Crippen molar-refractivity contribution in [1.82, 2.24) is 9.55 Å². The van der Waals surface area contributed by atoms with Gasteiger partial charge >= 0.3 is 0 Å². The molecule has 4 aromatic rings. The van der Waals surface area contributed by atoms with E-state index < -0.39 is 0 Å². The van der Waals surface area contributed by atoms with Gasteiger partial charge in [0.2, 0.25) is 5.78 Å². The zero-order chi connectivity index (χ0) is 17.9. The molecule has 0 bridgehead atoms. The van der Waals surface area contributed by atoms with E-state index in [4.69, 9.17) is 4.74 Å². The highest BCUT2D eigenvalue weighted by molar-refractivity contribution is 6.08. The summed E-state index contributed by atoms with van der Waals surface area (Å²) in [6, 6.07) is 21.1. The van der Waals surface area contributed by atoms with E-state index >= 15 is 0 Å². The molecular formula is C22H18N2O2. The third kappa shape index (κ3) is 3.09. The largest absolute Gasteiger partial charge is 0.497 e. The van der Waals surface area contributed by atoms with E-state index in [1.807, 2.05) is 53.4 Å². The molecule has 2 heterocycles. The highest BCUT2D eigenvalue weighted by Crippen LogP contribution is 2.18. The second-order valence-corrected chi connectivity index (χ2v) is 6.12. The topological polar surface area (TPSA) is 44.1 Å². The monoisotopic (exact) mass is 342 g/mol. The number of para-hydroxylation sites is 1. The Morgan fingerprint density at radius 3 is 2.65 bits per heavy atom. The quantitative estimate of drug-likeness (QED) is 0.507. The SMILES string of the molecule is COc1ccc(C(=O)c2cccn2Cc2cnc3ccccc3c2)cc1. The van der Waals surface area contributed by atoms with Gasteiger partial charge in [-0.2, -0.15) is 0 Å². The highest BCUT2D eigenvalue weighted by atomic mass is 16.5. The Labute approximate surface area is 151 Å². The number of nitrogens with zero attached hydrogens (tertiary/aromatic N) is 2. The number of benzene rings is 2. The number of carbonyl (C=O) groups excluding carboxylic acids is 1. The van der Waals surface area contributed by atoms with Gasteiger partial charge in [0.15, 0.2) is 0 Å². The molecule has 0 amide bonds. The van der Waals surface area contributed by atoms with Crippen LogP contribution in [-0.4, -0.2) is 22.4 Å². The molecule has 2 aromatic carbocycles. The predicted molar refractivity (Wildman–Crippen MR) is 102 cm³/mol. The van der Waals surface area contributed by atoms with Crippen molar-refractivity contribution < 1.29 is 9.53 Å². The molecule has 128 valence electrons. The number of hydrogen-bond acceptors (Lipinski definition) is 3. The lowest BCUT2D eigenvalue weighted by Gasteiger charge is -2.10. The summed E-state index contributed by atoms with van der Waals surface area (Å²) in [6.45, 7) is 0.599. The Balaban J connectivity index is 1.62. The van der Waals surface area contributed by atoms with Crippen molar-refractivity contribution in [3.63, 3.8) is 0 Å². The van der Waals surface area contributed by atoms with Gasteiger partial charge in [-0.25, -0.2) is 0 Å².